The molecule has 1 nitrogen and oxygen atoms in total. The molecule has 0 unspecified atom stereocenters. The second-order valence-electron chi connectivity index (χ2n) is 3.25. The number of ether oxygens (including phenoxy) is 1. The maximum Gasteiger partial charge on any atom is 0.156 e. The van der Waals surface area contributed by atoms with E-state index in [1.54, 1.807) is 12.1 Å². The lowest BCUT2D eigenvalue weighted by atomic mass is 10.3. The predicted molar refractivity (Wildman–Crippen MR) is 66.5 cm³/mol. The zero-order chi connectivity index (χ0) is 11.3. The molecule has 0 aliphatic carbocycles. The van der Waals surface area contributed by atoms with E-state index in [1.165, 1.54) is 0 Å². The Balaban J connectivity index is 2.60. The molecule has 1 aromatic carbocycles. The monoisotopic (exact) mass is 266 g/mol. The predicted octanol–water partition coefficient (Wildman–Crippen LogP) is 5.22. The van der Waals surface area contributed by atoms with Crippen molar-refractivity contribution in [1.29, 1.82) is 0 Å². The molecule has 0 amide bonds. The van der Waals surface area contributed by atoms with E-state index < -0.39 is 0 Å². The molecule has 0 heterocycles. The molecule has 0 saturated carbocycles. The summed E-state index contributed by atoms with van der Waals surface area (Å²) in [6.45, 7) is 2.77. The van der Waals surface area contributed by atoms with Gasteiger partial charge in [0.05, 0.1) is 16.7 Å². The molecule has 0 bridgehead atoms. The number of benzene rings is 1. The standard InChI is InChI=1S/C11H13Cl3O/c1-2-3-4-5-15-11-9(13)6-8(12)7-10(11)14/h6-7H,2-5H2,1H3. The Hall–Kier alpha value is -0.110. The Morgan fingerprint density at radius 2 is 1.67 bits per heavy atom. The molecule has 1 rings (SSSR count). The number of rotatable bonds is 5. The lowest BCUT2D eigenvalue weighted by Crippen LogP contribution is -1.98. The van der Waals surface area contributed by atoms with Gasteiger partial charge in [-0.3, -0.25) is 0 Å². The fourth-order valence-corrected chi connectivity index (χ4v) is 2.12. The number of unbranched alkanes of at least 4 members (excludes halogenated alkanes) is 2. The van der Waals surface area contributed by atoms with Gasteiger partial charge in [0, 0.05) is 5.02 Å². The van der Waals surface area contributed by atoms with Gasteiger partial charge in [0.2, 0.25) is 0 Å². The highest BCUT2D eigenvalue weighted by molar-refractivity contribution is 6.40. The van der Waals surface area contributed by atoms with E-state index in [0.29, 0.717) is 27.4 Å². The van der Waals surface area contributed by atoms with Gasteiger partial charge in [-0.05, 0) is 18.6 Å². The molecule has 0 spiro atoms. The van der Waals surface area contributed by atoms with Crippen molar-refractivity contribution in [3.63, 3.8) is 0 Å². The summed E-state index contributed by atoms with van der Waals surface area (Å²) < 4.78 is 5.50. The lowest BCUT2D eigenvalue weighted by Gasteiger charge is -2.09. The molecular formula is C11H13Cl3O. The smallest absolute Gasteiger partial charge is 0.156 e. The molecule has 84 valence electrons. The topological polar surface area (TPSA) is 9.23 Å². The van der Waals surface area contributed by atoms with Crippen LogP contribution in [-0.2, 0) is 0 Å². The van der Waals surface area contributed by atoms with Gasteiger partial charge in [-0.15, -0.1) is 0 Å². The molecule has 1 aromatic rings. The van der Waals surface area contributed by atoms with Gasteiger partial charge in [-0.25, -0.2) is 0 Å². The van der Waals surface area contributed by atoms with Crippen LogP contribution in [0, 0.1) is 0 Å². The average molecular weight is 268 g/mol. The van der Waals surface area contributed by atoms with Crippen LogP contribution < -0.4 is 4.74 Å². The van der Waals surface area contributed by atoms with Gasteiger partial charge < -0.3 is 4.74 Å². The van der Waals surface area contributed by atoms with Crippen LogP contribution in [0.1, 0.15) is 26.2 Å². The maximum atomic E-state index is 5.95. The van der Waals surface area contributed by atoms with Crippen LogP contribution in [0.2, 0.25) is 15.1 Å². The SMILES string of the molecule is CCCCCOc1c(Cl)cc(Cl)cc1Cl. The molecule has 0 saturated heterocycles. The third-order valence-corrected chi connectivity index (χ3v) is 2.74. The van der Waals surface area contributed by atoms with Gasteiger partial charge in [0.15, 0.2) is 5.75 Å². The van der Waals surface area contributed by atoms with Crippen LogP contribution in [0.5, 0.6) is 5.75 Å². The third-order valence-electron chi connectivity index (χ3n) is 1.96. The number of hydrogen-bond donors (Lipinski definition) is 0. The zero-order valence-corrected chi connectivity index (χ0v) is 10.8. The minimum absolute atomic E-state index is 0.462. The summed E-state index contributed by atoms with van der Waals surface area (Å²) in [5.74, 6) is 0.527. The van der Waals surface area contributed by atoms with E-state index in [9.17, 15) is 0 Å². The normalized spacial score (nSPS) is 10.4. The van der Waals surface area contributed by atoms with Crippen molar-refractivity contribution in [2.75, 3.05) is 6.61 Å². The molecule has 0 fully saturated rings. The quantitative estimate of drug-likeness (QED) is 0.665. The van der Waals surface area contributed by atoms with Gasteiger partial charge in [-0.2, -0.15) is 0 Å². The first-order chi connectivity index (χ1) is 7.15. The minimum Gasteiger partial charge on any atom is -0.490 e. The summed E-state index contributed by atoms with van der Waals surface area (Å²) in [5, 5.41) is 1.44. The van der Waals surface area contributed by atoms with Gasteiger partial charge in [0.1, 0.15) is 0 Å². The first-order valence-corrected chi connectivity index (χ1v) is 6.06. The summed E-state index contributed by atoms with van der Waals surface area (Å²) in [4.78, 5) is 0. The third kappa shape index (κ3) is 4.10. The van der Waals surface area contributed by atoms with Crippen molar-refractivity contribution in [3.05, 3.63) is 27.2 Å². The molecule has 0 aliphatic rings. The van der Waals surface area contributed by atoms with Crippen molar-refractivity contribution in [1.82, 2.24) is 0 Å². The van der Waals surface area contributed by atoms with E-state index in [1.807, 2.05) is 0 Å². The number of hydrogen-bond acceptors (Lipinski definition) is 1. The maximum absolute atomic E-state index is 5.95. The van der Waals surface area contributed by atoms with Gasteiger partial charge >= 0.3 is 0 Å². The molecule has 15 heavy (non-hydrogen) atoms. The molecule has 4 heteroatoms. The van der Waals surface area contributed by atoms with E-state index in [0.717, 1.165) is 19.3 Å². The van der Waals surface area contributed by atoms with Crippen LogP contribution in [0.3, 0.4) is 0 Å². The van der Waals surface area contributed by atoms with Gasteiger partial charge in [-0.1, -0.05) is 54.6 Å². The van der Waals surface area contributed by atoms with Crippen molar-refractivity contribution >= 4 is 34.8 Å². The summed E-state index contributed by atoms with van der Waals surface area (Å²) in [6, 6.07) is 3.26. The molecular weight excluding hydrogens is 254 g/mol. The van der Waals surface area contributed by atoms with Gasteiger partial charge in [0.25, 0.3) is 0 Å². The van der Waals surface area contributed by atoms with Crippen molar-refractivity contribution in [2.45, 2.75) is 26.2 Å². The second-order valence-corrected chi connectivity index (χ2v) is 4.50. The van der Waals surface area contributed by atoms with Crippen LogP contribution in [-0.4, -0.2) is 6.61 Å². The Morgan fingerprint density at radius 3 is 2.20 bits per heavy atom. The molecule has 0 atom stereocenters. The highest BCUT2D eigenvalue weighted by atomic mass is 35.5. The Labute approximate surface area is 105 Å². The Bertz CT molecular complexity index is 303. The van der Waals surface area contributed by atoms with Crippen molar-refractivity contribution in [3.8, 4) is 5.75 Å². The van der Waals surface area contributed by atoms with Crippen molar-refractivity contribution in [2.24, 2.45) is 0 Å². The molecule has 0 aliphatic heterocycles. The zero-order valence-electron chi connectivity index (χ0n) is 8.53. The largest absolute Gasteiger partial charge is 0.490 e. The fourth-order valence-electron chi connectivity index (χ4n) is 1.19. The minimum atomic E-state index is 0.462. The fraction of sp³-hybridized carbons (Fsp3) is 0.455. The second kappa shape index (κ2) is 6.47. The van der Waals surface area contributed by atoms with Crippen LogP contribution in [0.25, 0.3) is 0 Å². The summed E-state index contributed by atoms with van der Waals surface area (Å²) in [5.41, 5.74) is 0. The van der Waals surface area contributed by atoms with Crippen molar-refractivity contribution < 1.29 is 4.74 Å². The highest BCUT2D eigenvalue weighted by Gasteiger charge is 2.08. The van der Waals surface area contributed by atoms with Crippen LogP contribution in [0.4, 0.5) is 0 Å². The highest BCUT2D eigenvalue weighted by Crippen LogP contribution is 2.35. The molecule has 0 aromatic heterocycles. The van der Waals surface area contributed by atoms with Crippen LogP contribution >= 0.6 is 34.8 Å². The first kappa shape index (κ1) is 13.0. The summed E-state index contributed by atoms with van der Waals surface area (Å²) in [6.07, 6.45) is 3.31. The Morgan fingerprint density at radius 1 is 1.07 bits per heavy atom. The lowest BCUT2D eigenvalue weighted by molar-refractivity contribution is 0.306. The molecule has 0 N–H and O–H groups in total. The average Bonchev–Trinajstić information content (AvgIpc) is 2.15. The van der Waals surface area contributed by atoms with E-state index >= 15 is 0 Å². The number of halogens is 3. The van der Waals surface area contributed by atoms with Crippen LogP contribution in [0.15, 0.2) is 12.1 Å². The van der Waals surface area contributed by atoms with E-state index in [-0.39, 0.29) is 0 Å². The summed E-state index contributed by atoms with van der Waals surface area (Å²) in [7, 11) is 0. The first-order valence-electron chi connectivity index (χ1n) is 4.92. The molecule has 0 radical (unpaired) electrons. The van der Waals surface area contributed by atoms with E-state index in [2.05, 4.69) is 6.92 Å². The summed E-state index contributed by atoms with van der Waals surface area (Å²) >= 11 is 17.7. The van der Waals surface area contributed by atoms with E-state index in [4.69, 9.17) is 39.5 Å². The Kier molecular flexibility index (Phi) is 5.59.